The van der Waals surface area contributed by atoms with E-state index in [1.54, 1.807) is 13.3 Å². The molecule has 4 nitrogen and oxygen atoms in total. The molecule has 0 bridgehead atoms. The smallest absolute Gasteiger partial charge is 0.143 e. The first-order valence-electron chi connectivity index (χ1n) is 7.44. The number of rotatable bonds is 5. The van der Waals surface area contributed by atoms with Crippen LogP contribution in [0.5, 0.6) is 5.75 Å². The van der Waals surface area contributed by atoms with E-state index in [0.29, 0.717) is 24.0 Å². The van der Waals surface area contributed by atoms with Crippen LogP contribution in [0.4, 0.5) is 0 Å². The van der Waals surface area contributed by atoms with Gasteiger partial charge in [-0.05, 0) is 50.7 Å². The van der Waals surface area contributed by atoms with Gasteiger partial charge >= 0.3 is 0 Å². The summed E-state index contributed by atoms with van der Waals surface area (Å²) in [4.78, 5) is 4.32. The quantitative estimate of drug-likeness (QED) is 0.899. The summed E-state index contributed by atoms with van der Waals surface area (Å²) in [5, 5.41) is 10.9. The number of aliphatic hydroxyl groups is 1. The van der Waals surface area contributed by atoms with Crippen LogP contribution in [0.1, 0.15) is 51.3 Å². The number of nitrogens with zero attached hydrogens (tertiary/aromatic N) is 1. The second-order valence-corrected chi connectivity index (χ2v) is 5.67. The molecule has 0 radical (unpaired) electrons. The summed E-state index contributed by atoms with van der Waals surface area (Å²) in [6.45, 7) is 4.83. The van der Waals surface area contributed by atoms with Crippen LogP contribution in [0.3, 0.4) is 0 Å². The summed E-state index contributed by atoms with van der Waals surface area (Å²) in [6.07, 6.45) is 4.82. The van der Waals surface area contributed by atoms with E-state index in [9.17, 15) is 5.11 Å². The first-order valence-corrected chi connectivity index (χ1v) is 7.44. The molecular formula is C16H25NO3. The molecule has 1 N–H and O–H groups in total. The van der Waals surface area contributed by atoms with Crippen LogP contribution >= 0.6 is 0 Å². The van der Waals surface area contributed by atoms with Crippen molar-refractivity contribution >= 4 is 0 Å². The molecular weight excluding hydrogens is 254 g/mol. The van der Waals surface area contributed by atoms with Crippen molar-refractivity contribution in [2.75, 3.05) is 13.7 Å². The van der Waals surface area contributed by atoms with Crippen molar-refractivity contribution in [1.82, 2.24) is 4.98 Å². The second kappa shape index (κ2) is 6.55. The number of hydrogen-bond acceptors (Lipinski definition) is 4. The maximum atomic E-state index is 10.9. The Morgan fingerprint density at radius 2 is 2.15 bits per heavy atom. The van der Waals surface area contributed by atoms with Gasteiger partial charge in [0.1, 0.15) is 17.5 Å². The predicted molar refractivity (Wildman–Crippen MR) is 77.7 cm³/mol. The summed E-state index contributed by atoms with van der Waals surface area (Å²) in [6, 6.07) is 3.64. The van der Waals surface area contributed by atoms with Crippen molar-refractivity contribution in [3.05, 3.63) is 24.0 Å². The fourth-order valence-corrected chi connectivity index (χ4v) is 3.06. The molecule has 1 aliphatic rings. The van der Waals surface area contributed by atoms with Crippen LogP contribution in [0.25, 0.3) is 0 Å². The molecule has 20 heavy (non-hydrogen) atoms. The zero-order valence-electron chi connectivity index (χ0n) is 12.6. The number of ether oxygens (including phenoxy) is 2. The molecule has 1 unspecified atom stereocenters. The van der Waals surface area contributed by atoms with Crippen LogP contribution in [0, 0.1) is 5.92 Å². The Morgan fingerprint density at radius 1 is 1.45 bits per heavy atom. The van der Waals surface area contributed by atoms with Gasteiger partial charge in [0, 0.05) is 12.8 Å². The number of hydrogen-bond donors (Lipinski definition) is 1. The summed E-state index contributed by atoms with van der Waals surface area (Å²) >= 11 is 0. The topological polar surface area (TPSA) is 51.6 Å². The zero-order chi connectivity index (χ0) is 14.6. The SMILES string of the molecule is CCOC1(C(O)c2ncccc2OC)CCC(C)CC1. The number of aromatic nitrogens is 1. The fourth-order valence-electron chi connectivity index (χ4n) is 3.06. The highest BCUT2D eigenvalue weighted by Crippen LogP contribution is 2.44. The highest BCUT2D eigenvalue weighted by Gasteiger charge is 2.43. The van der Waals surface area contributed by atoms with E-state index in [2.05, 4.69) is 11.9 Å². The van der Waals surface area contributed by atoms with Gasteiger partial charge in [0.15, 0.2) is 0 Å². The second-order valence-electron chi connectivity index (χ2n) is 5.67. The molecule has 1 aromatic rings. The van der Waals surface area contributed by atoms with E-state index in [0.717, 1.165) is 25.7 Å². The minimum absolute atomic E-state index is 0.525. The van der Waals surface area contributed by atoms with Crippen LogP contribution in [-0.2, 0) is 4.74 Å². The molecule has 1 fully saturated rings. The van der Waals surface area contributed by atoms with Crippen molar-refractivity contribution in [3.8, 4) is 5.75 Å². The minimum atomic E-state index is -0.744. The molecule has 0 aromatic carbocycles. The van der Waals surface area contributed by atoms with Crippen molar-refractivity contribution in [2.24, 2.45) is 5.92 Å². The van der Waals surface area contributed by atoms with E-state index in [-0.39, 0.29) is 0 Å². The van der Waals surface area contributed by atoms with Gasteiger partial charge in [-0.1, -0.05) is 6.92 Å². The molecule has 0 amide bonds. The van der Waals surface area contributed by atoms with E-state index >= 15 is 0 Å². The number of methoxy groups -OCH3 is 1. The molecule has 112 valence electrons. The summed E-state index contributed by atoms with van der Waals surface area (Å²) in [5.74, 6) is 1.32. The Labute approximate surface area is 121 Å². The molecule has 0 aliphatic heterocycles. The highest BCUT2D eigenvalue weighted by molar-refractivity contribution is 5.30. The first kappa shape index (κ1) is 15.3. The third kappa shape index (κ3) is 2.96. The van der Waals surface area contributed by atoms with Crippen LogP contribution < -0.4 is 4.74 Å². The number of aliphatic hydroxyl groups excluding tert-OH is 1. The average molecular weight is 279 g/mol. The molecule has 1 saturated carbocycles. The van der Waals surface area contributed by atoms with Crippen LogP contribution in [0.15, 0.2) is 18.3 Å². The Balaban J connectivity index is 2.29. The van der Waals surface area contributed by atoms with Gasteiger partial charge in [0.25, 0.3) is 0 Å². The monoisotopic (exact) mass is 279 g/mol. The molecule has 1 heterocycles. The maximum absolute atomic E-state index is 10.9. The van der Waals surface area contributed by atoms with Crippen molar-refractivity contribution in [1.29, 1.82) is 0 Å². The largest absolute Gasteiger partial charge is 0.495 e. The normalized spacial score (nSPS) is 28.1. The maximum Gasteiger partial charge on any atom is 0.143 e. The summed E-state index contributed by atoms with van der Waals surface area (Å²) in [7, 11) is 1.60. The highest BCUT2D eigenvalue weighted by atomic mass is 16.5. The standard InChI is InChI=1S/C16H25NO3/c1-4-20-16(9-7-12(2)8-10-16)15(18)14-13(19-3)6-5-11-17-14/h5-6,11-12,15,18H,4,7-10H2,1-3H3. The lowest BCUT2D eigenvalue weighted by atomic mass is 9.75. The van der Waals surface area contributed by atoms with E-state index < -0.39 is 11.7 Å². The predicted octanol–water partition coefficient (Wildman–Crippen LogP) is 3.11. The van der Waals surface area contributed by atoms with Gasteiger partial charge in [-0.3, -0.25) is 4.98 Å². The average Bonchev–Trinajstić information content (AvgIpc) is 2.49. The third-order valence-electron chi connectivity index (χ3n) is 4.33. The van der Waals surface area contributed by atoms with Crippen molar-refractivity contribution in [3.63, 3.8) is 0 Å². The molecule has 1 aliphatic carbocycles. The molecule has 2 rings (SSSR count). The first-order chi connectivity index (χ1) is 9.63. The summed E-state index contributed by atoms with van der Waals surface area (Å²) < 4.78 is 11.3. The third-order valence-corrected chi connectivity index (χ3v) is 4.33. The van der Waals surface area contributed by atoms with E-state index in [1.807, 2.05) is 19.1 Å². The summed E-state index contributed by atoms with van der Waals surface area (Å²) in [5.41, 5.74) is 0.0566. The Hall–Kier alpha value is -1.13. The lowest BCUT2D eigenvalue weighted by molar-refractivity contribution is -0.148. The lowest BCUT2D eigenvalue weighted by Crippen LogP contribution is -2.43. The van der Waals surface area contributed by atoms with Crippen molar-refractivity contribution in [2.45, 2.75) is 51.2 Å². The van der Waals surface area contributed by atoms with Gasteiger partial charge in [-0.2, -0.15) is 0 Å². The van der Waals surface area contributed by atoms with Gasteiger partial charge in [0.05, 0.1) is 12.7 Å². The van der Waals surface area contributed by atoms with E-state index in [1.165, 1.54) is 0 Å². The molecule has 1 atom stereocenters. The van der Waals surface area contributed by atoms with Crippen LogP contribution in [0.2, 0.25) is 0 Å². The molecule has 1 aromatic heterocycles. The van der Waals surface area contributed by atoms with Gasteiger partial charge in [-0.25, -0.2) is 0 Å². The van der Waals surface area contributed by atoms with Crippen LogP contribution in [-0.4, -0.2) is 29.4 Å². The Bertz CT molecular complexity index is 427. The minimum Gasteiger partial charge on any atom is -0.495 e. The molecule has 4 heteroatoms. The van der Waals surface area contributed by atoms with E-state index in [4.69, 9.17) is 9.47 Å². The number of pyridine rings is 1. The Kier molecular flexibility index (Phi) is 5.00. The van der Waals surface area contributed by atoms with Gasteiger partial charge in [-0.15, -0.1) is 0 Å². The Morgan fingerprint density at radius 3 is 2.75 bits per heavy atom. The fraction of sp³-hybridized carbons (Fsp3) is 0.688. The van der Waals surface area contributed by atoms with Gasteiger partial charge in [0.2, 0.25) is 0 Å². The van der Waals surface area contributed by atoms with Crippen molar-refractivity contribution < 1.29 is 14.6 Å². The molecule has 0 spiro atoms. The lowest BCUT2D eigenvalue weighted by Gasteiger charge is -2.42. The molecule has 0 saturated heterocycles. The zero-order valence-corrected chi connectivity index (χ0v) is 12.6. The van der Waals surface area contributed by atoms with Gasteiger partial charge < -0.3 is 14.6 Å².